The molecule has 6 heteroatoms. The number of halogens is 1. The van der Waals surface area contributed by atoms with Crippen LogP contribution < -0.4 is 10.3 Å². The molecule has 2 aromatic carbocycles. The molecule has 1 aromatic heterocycles. The third-order valence-electron chi connectivity index (χ3n) is 4.52. The summed E-state index contributed by atoms with van der Waals surface area (Å²) in [6, 6.07) is 16.9. The summed E-state index contributed by atoms with van der Waals surface area (Å²) in [5.74, 6) is -0.383. The van der Waals surface area contributed by atoms with Crippen LogP contribution in [0.25, 0.3) is 10.9 Å². The maximum atomic E-state index is 13.6. The molecule has 1 saturated heterocycles. The van der Waals surface area contributed by atoms with Crippen molar-refractivity contribution in [3.05, 3.63) is 76.8 Å². The Kier molecular flexibility index (Phi) is 4.16. The van der Waals surface area contributed by atoms with Crippen LogP contribution in [0.4, 0.5) is 4.39 Å². The second-order valence-electron chi connectivity index (χ2n) is 6.29. The van der Waals surface area contributed by atoms with Gasteiger partial charge in [0.25, 0.3) is 5.56 Å². The number of hydrogen-bond acceptors (Lipinski definition) is 3. The van der Waals surface area contributed by atoms with Crippen LogP contribution >= 0.6 is 0 Å². The quantitative estimate of drug-likeness (QED) is 0.725. The van der Waals surface area contributed by atoms with Gasteiger partial charge in [-0.3, -0.25) is 14.2 Å². The number of benzene rings is 2. The Labute approximate surface area is 149 Å². The fourth-order valence-corrected chi connectivity index (χ4v) is 3.08. The van der Waals surface area contributed by atoms with E-state index in [0.29, 0.717) is 13.1 Å². The summed E-state index contributed by atoms with van der Waals surface area (Å²) in [5, 5.41) is 0.907. The van der Waals surface area contributed by atoms with Crippen molar-refractivity contribution < 1.29 is 13.9 Å². The molecule has 0 aliphatic carbocycles. The number of pyridine rings is 1. The van der Waals surface area contributed by atoms with Gasteiger partial charge in [0.2, 0.25) is 5.91 Å². The minimum atomic E-state index is -0.417. The molecule has 132 valence electrons. The zero-order chi connectivity index (χ0) is 18.1. The first kappa shape index (κ1) is 16.3. The Morgan fingerprint density at radius 2 is 1.77 bits per heavy atom. The van der Waals surface area contributed by atoms with E-state index >= 15 is 0 Å². The average molecular weight is 352 g/mol. The molecule has 0 spiro atoms. The van der Waals surface area contributed by atoms with Crippen molar-refractivity contribution in [2.45, 2.75) is 12.6 Å². The number of nitrogens with zero attached hydrogens (tertiary/aromatic N) is 2. The molecule has 0 saturated carbocycles. The molecule has 26 heavy (non-hydrogen) atoms. The van der Waals surface area contributed by atoms with Crippen molar-refractivity contribution in [1.29, 1.82) is 0 Å². The third kappa shape index (κ3) is 3.06. The van der Waals surface area contributed by atoms with Gasteiger partial charge in [-0.2, -0.15) is 0 Å². The van der Waals surface area contributed by atoms with E-state index in [1.165, 1.54) is 16.7 Å². The van der Waals surface area contributed by atoms with E-state index in [9.17, 15) is 14.0 Å². The van der Waals surface area contributed by atoms with E-state index in [0.717, 1.165) is 10.9 Å². The van der Waals surface area contributed by atoms with Crippen molar-refractivity contribution in [3.8, 4) is 5.75 Å². The van der Waals surface area contributed by atoms with E-state index in [4.69, 9.17) is 4.74 Å². The smallest absolute Gasteiger partial charge is 0.251 e. The number of carbonyl (C=O) groups is 1. The molecule has 0 radical (unpaired) electrons. The Balaban J connectivity index is 1.42. The molecule has 0 atom stereocenters. The SMILES string of the molecule is O=C(Cn1c(=O)ccc2ccccc21)N1CC(Oc2ccccc2F)C1. The van der Waals surface area contributed by atoms with Crippen molar-refractivity contribution in [1.82, 2.24) is 9.47 Å². The van der Waals surface area contributed by atoms with Crippen LogP contribution in [0, 0.1) is 5.82 Å². The Bertz CT molecular complexity index is 1020. The molecule has 3 aromatic rings. The highest BCUT2D eigenvalue weighted by Crippen LogP contribution is 2.21. The number of carbonyl (C=O) groups excluding carboxylic acids is 1. The maximum absolute atomic E-state index is 13.6. The maximum Gasteiger partial charge on any atom is 0.251 e. The zero-order valence-corrected chi connectivity index (χ0v) is 14.0. The summed E-state index contributed by atoms with van der Waals surface area (Å²) in [6.07, 6.45) is -0.236. The molecule has 1 fully saturated rings. The normalized spacial score (nSPS) is 14.3. The van der Waals surface area contributed by atoms with Crippen LogP contribution in [0.1, 0.15) is 0 Å². The van der Waals surface area contributed by atoms with Gasteiger partial charge in [0.15, 0.2) is 11.6 Å². The molecule has 2 heterocycles. The highest BCUT2D eigenvalue weighted by atomic mass is 19.1. The lowest BCUT2D eigenvalue weighted by atomic mass is 10.1. The molecule has 0 bridgehead atoms. The van der Waals surface area contributed by atoms with Gasteiger partial charge in [-0.1, -0.05) is 30.3 Å². The van der Waals surface area contributed by atoms with Gasteiger partial charge in [-0.05, 0) is 29.7 Å². The Hall–Kier alpha value is -3.15. The summed E-state index contributed by atoms with van der Waals surface area (Å²) in [7, 11) is 0. The largest absolute Gasteiger partial charge is 0.484 e. The van der Waals surface area contributed by atoms with Gasteiger partial charge < -0.3 is 9.64 Å². The van der Waals surface area contributed by atoms with E-state index in [1.54, 1.807) is 29.2 Å². The van der Waals surface area contributed by atoms with Crippen molar-refractivity contribution in [2.24, 2.45) is 0 Å². The minimum absolute atomic E-state index is 0.0212. The molecular formula is C20H17FN2O3. The standard InChI is InChI=1S/C20H17FN2O3/c21-16-6-2-4-8-18(16)26-15-11-22(12-15)20(25)13-23-17-7-3-1-5-14(17)9-10-19(23)24/h1-10,15H,11-13H2. The number of hydrogen-bond donors (Lipinski definition) is 0. The zero-order valence-electron chi connectivity index (χ0n) is 14.0. The van der Waals surface area contributed by atoms with Crippen LogP contribution in [0.2, 0.25) is 0 Å². The minimum Gasteiger partial charge on any atom is -0.484 e. The van der Waals surface area contributed by atoms with Gasteiger partial charge in [0.05, 0.1) is 18.6 Å². The Morgan fingerprint density at radius 1 is 1.04 bits per heavy atom. The molecule has 0 unspecified atom stereocenters. The summed E-state index contributed by atoms with van der Waals surface area (Å²) < 4.78 is 20.6. The predicted molar refractivity (Wildman–Crippen MR) is 95.6 cm³/mol. The van der Waals surface area contributed by atoms with Gasteiger partial charge >= 0.3 is 0 Å². The van der Waals surface area contributed by atoms with E-state index in [1.807, 2.05) is 24.3 Å². The number of fused-ring (bicyclic) bond motifs is 1. The number of rotatable bonds is 4. The molecule has 4 rings (SSSR count). The predicted octanol–water partition coefficient (Wildman–Crippen LogP) is 2.43. The molecule has 5 nitrogen and oxygen atoms in total. The van der Waals surface area contributed by atoms with E-state index < -0.39 is 5.82 Å². The third-order valence-corrected chi connectivity index (χ3v) is 4.52. The number of likely N-dealkylation sites (tertiary alicyclic amines) is 1. The van der Waals surface area contributed by atoms with Crippen LogP contribution in [0.15, 0.2) is 65.5 Å². The summed E-state index contributed by atoms with van der Waals surface area (Å²) in [5.41, 5.74) is 0.518. The summed E-state index contributed by atoms with van der Waals surface area (Å²) in [4.78, 5) is 26.3. The molecule has 1 amide bonds. The summed E-state index contributed by atoms with van der Waals surface area (Å²) in [6.45, 7) is 0.742. The van der Waals surface area contributed by atoms with Gasteiger partial charge in [-0.15, -0.1) is 0 Å². The topological polar surface area (TPSA) is 51.5 Å². The molecule has 1 aliphatic heterocycles. The second-order valence-corrected chi connectivity index (χ2v) is 6.29. The van der Waals surface area contributed by atoms with Crippen LogP contribution in [0.5, 0.6) is 5.75 Å². The van der Waals surface area contributed by atoms with Crippen LogP contribution in [-0.4, -0.2) is 34.6 Å². The Morgan fingerprint density at radius 3 is 2.58 bits per heavy atom. The highest BCUT2D eigenvalue weighted by molar-refractivity contribution is 5.82. The van der Waals surface area contributed by atoms with Gasteiger partial charge in [0.1, 0.15) is 12.6 Å². The lowest BCUT2D eigenvalue weighted by Crippen LogP contribution is -2.57. The first-order chi connectivity index (χ1) is 12.6. The van der Waals surface area contributed by atoms with Crippen LogP contribution in [0.3, 0.4) is 0 Å². The second kappa shape index (κ2) is 6.63. The van der Waals surface area contributed by atoms with Crippen molar-refractivity contribution >= 4 is 16.8 Å². The molecule has 0 N–H and O–H groups in total. The number of amides is 1. The lowest BCUT2D eigenvalue weighted by molar-refractivity contribution is -0.140. The first-order valence-electron chi connectivity index (χ1n) is 8.39. The first-order valence-corrected chi connectivity index (χ1v) is 8.39. The van der Waals surface area contributed by atoms with Crippen molar-refractivity contribution in [2.75, 3.05) is 13.1 Å². The van der Waals surface area contributed by atoms with Gasteiger partial charge in [-0.25, -0.2) is 4.39 Å². The van der Waals surface area contributed by atoms with Crippen molar-refractivity contribution in [3.63, 3.8) is 0 Å². The number of aromatic nitrogens is 1. The number of para-hydroxylation sites is 2. The van der Waals surface area contributed by atoms with E-state index in [-0.39, 0.29) is 29.9 Å². The van der Waals surface area contributed by atoms with E-state index in [2.05, 4.69) is 0 Å². The summed E-state index contributed by atoms with van der Waals surface area (Å²) >= 11 is 0. The lowest BCUT2D eigenvalue weighted by Gasteiger charge is -2.39. The average Bonchev–Trinajstić information content (AvgIpc) is 2.61. The fraction of sp³-hybridized carbons (Fsp3) is 0.200. The van der Waals surface area contributed by atoms with Crippen LogP contribution in [-0.2, 0) is 11.3 Å². The fourth-order valence-electron chi connectivity index (χ4n) is 3.08. The number of ether oxygens (including phenoxy) is 1. The molecule has 1 aliphatic rings. The molecular weight excluding hydrogens is 335 g/mol. The van der Waals surface area contributed by atoms with Gasteiger partial charge in [0, 0.05) is 6.07 Å². The monoisotopic (exact) mass is 352 g/mol. The highest BCUT2D eigenvalue weighted by Gasteiger charge is 2.32.